The predicted octanol–water partition coefficient (Wildman–Crippen LogP) is 3.03. The van der Waals surface area contributed by atoms with Gasteiger partial charge in [-0.1, -0.05) is 24.8 Å². The van der Waals surface area contributed by atoms with E-state index in [0.29, 0.717) is 11.8 Å². The average molecular weight is 401 g/mol. The number of carbonyl (C=O) groups excluding carboxylic acids is 1. The molecule has 2 aliphatic heterocycles. The molecule has 0 aromatic carbocycles. The van der Waals surface area contributed by atoms with Crippen molar-refractivity contribution in [2.24, 2.45) is 10.9 Å². The van der Waals surface area contributed by atoms with E-state index in [9.17, 15) is 9.90 Å². The van der Waals surface area contributed by atoms with Crippen LogP contribution in [0.5, 0.6) is 0 Å². The minimum Gasteiger partial charge on any atom is -0.443 e. The molecule has 0 aliphatic carbocycles. The highest BCUT2D eigenvalue weighted by atomic mass is 32.2. The minimum absolute atomic E-state index is 0.0817. The van der Waals surface area contributed by atoms with Gasteiger partial charge in [-0.25, -0.2) is 4.79 Å². The first-order chi connectivity index (χ1) is 12.3. The van der Waals surface area contributed by atoms with Crippen LogP contribution in [0.3, 0.4) is 0 Å². The van der Waals surface area contributed by atoms with Crippen LogP contribution in [0.1, 0.15) is 41.5 Å². The van der Waals surface area contributed by atoms with Crippen LogP contribution >= 0.6 is 11.8 Å². The molecule has 2 heterocycles. The van der Waals surface area contributed by atoms with Crippen LogP contribution in [0.25, 0.3) is 0 Å². The quantitative estimate of drug-likeness (QED) is 0.731. The molecule has 0 aromatic heterocycles. The largest absolute Gasteiger partial charge is 0.443 e. The molecule has 0 unspecified atom stereocenters. The van der Waals surface area contributed by atoms with Crippen molar-refractivity contribution >= 4 is 23.0 Å². The number of hydrogen-bond donors (Lipinski definition) is 1. The first-order valence-corrected chi connectivity index (χ1v) is 10.0. The summed E-state index contributed by atoms with van der Waals surface area (Å²) < 4.78 is 17.6. The van der Waals surface area contributed by atoms with E-state index in [1.54, 1.807) is 27.0 Å². The maximum Gasteiger partial charge on any atom is 0.416 e. The highest BCUT2D eigenvalue weighted by Crippen LogP contribution is 2.43. The lowest BCUT2D eigenvalue weighted by Gasteiger charge is -2.45. The number of nitrogens with zero attached hydrogens (tertiary/aromatic N) is 2. The number of hydrogen-bond acceptors (Lipinski definition) is 7. The molecule has 1 amide bonds. The van der Waals surface area contributed by atoms with Gasteiger partial charge < -0.3 is 19.3 Å². The van der Waals surface area contributed by atoms with Crippen molar-refractivity contribution in [3.63, 3.8) is 0 Å². The fourth-order valence-corrected chi connectivity index (χ4v) is 4.45. The lowest BCUT2D eigenvalue weighted by molar-refractivity contribution is -0.187. The van der Waals surface area contributed by atoms with E-state index in [1.807, 2.05) is 27.7 Å². The first kappa shape index (κ1) is 22.2. The predicted molar refractivity (Wildman–Crippen MR) is 107 cm³/mol. The molecule has 0 spiro atoms. The molecule has 7 nitrogen and oxygen atoms in total. The number of thioether (sulfide) groups is 1. The van der Waals surface area contributed by atoms with E-state index in [4.69, 9.17) is 19.2 Å². The van der Waals surface area contributed by atoms with E-state index in [2.05, 4.69) is 6.58 Å². The van der Waals surface area contributed by atoms with Crippen molar-refractivity contribution in [2.75, 3.05) is 13.7 Å². The van der Waals surface area contributed by atoms with Crippen molar-refractivity contribution in [3.8, 4) is 0 Å². The molecule has 1 saturated heterocycles. The summed E-state index contributed by atoms with van der Waals surface area (Å²) in [6, 6.07) is -0.275. The van der Waals surface area contributed by atoms with Gasteiger partial charge in [-0.15, -0.1) is 6.58 Å². The number of ether oxygens (including phenoxy) is 3. The van der Waals surface area contributed by atoms with Crippen LogP contribution in [-0.2, 0) is 14.2 Å². The van der Waals surface area contributed by atoms with Crippen LogP contribution in [-0.4, -0.2) is 69.8 Å². The highest BCUT2D eigenvalue weighted by Gasteiger charge is 2.52. The van der Waals surface area contributed by atoms with Crippen LogP contribution in [0.15, 0.2) is 17.6 Å². The zero-order chi connectivity index (χ0) is 20.6. The van der Waals surface area contributed by atoms with E-state index < -0.39 is 23.4 Å². The summed E-state index contributed by atoms with van der Waals surface area (Å²) in [4.78, 5) is 18.5. The van der Waals surface area contributed by atoms with E-state index >= 15 is 0 Å². The smallest absolute Gasteiger partial charge is 0.416 e. The van der Waals surface area contributed by atoms with Gasteiger partial charge in [0.1, 0.15) is 17.1 Å². The Balaban J connectivity index is 2.22. The maximum atomic E-state index is 12.4. The second-order valence-electron chi connectivity index (χ2n) is 8.58. The van der Waals surface area contributed by atoms with Gasteiger partial charge >= 0.3 is 6.09 Å². The summed E-state index contributed by atoms with van der Waals surface area (Å²) in [5.74, 6) is -0.0817. The van der Waals surface area contributed by atoms with E-state index in [1.165, 1.54) is 16.7 Å². The Hall–Kier alpha value is -1.09. The van der Waals surface area contributed by atoms with Crippen molar-refractivity contribution in [1.29, 1.82) is 0 Å². The summed E-state index contributed by atoms with van der Waals surface area (Å²) in [6.07, 6.45) is 0.552. The molecule has 2 rings (SSSR count). The van der Waals surface area contributed by atoms with E-state index in [0.717, 1.165) is 0 Å². The number of aliphatic hydroxyl groups is 1. The van der Waals surface area contributed by atoms with Gasteiger partial charge in [-0.05, 0) is 34.6 Å². The Labute approximate surface area is 166 Å². The SMILES string of the molecule is C=CCO[C@H]1[C@H](C)[C@@H](C(C)(C)O)O[C@@H]2SC(N(C)C(=O)OC(C)(C)C)=N[C@H]12. The Kier molecular flexibility index (Phi) is 6.67. The van der Waals surface area contributed by atoms with Crippen LogP contribution in [0, 0.1) is 5.92 Å². The Morgan fingerprint density at radius 3 is 2.56 bits per heavy atom. The van der Waals surface area contributed by atoms with Crippen molar-refractivity contribution in [1.82, 2.24) is 4.90 Å². The monoisotopic (exact) mass is 400 g/mol. The molecule has 27 heavy (non-hydrogen) atoms. The lowest BCUT2D eigenvalue weighted by atomic mass is 9.82. The first-order valence-electron chi connectivity index (χ1n) is 9.16. The van der Waals surface area contributed by atoms with E-state index in [-0.39, 0.29) is 23.5 Å². The summed E-state index contributed by atoms with van der Waals surface area (Å²) in [5.41, 5.74) is -1.96. The summed E-state index contributed by atoms with van der Waals surface area (Å²) in [5, 5.41) is 11.1. The van der Waals surface area contributed by atoms with Crippen LogP contribution in [0.2, 0.25) is 0 Å². The fourth-order valence-electron chi connectivity index (χ4n) is 3.29. The van der Waals surface area contributed by atoms with Crippen molar-refractivity contribution in [3.05, 3.63) is 12.7 Å². The van der Waals surface area contributed by atoms with Gasteiger partial charge in [0.05, 0.1) is 24.4 Å². The Morgan fingerprint density at radius 1 is 1.41 bits per heavy atom. The van der Waals surface area contributed by atoms with Gasteiger partial charge in [0.2, 0.25) is 0 Å². The molecule has 5 atom stereocenters. The fraction of sp³-hybridized carbons (Fsp3) is 0.789. The summed E-state index contributed by atoms with van der Waals surface area (Å²) in [7, 11) is 1.63. The van der Waals surface area contributed by atoms with Gasteiger partial charge in [0.25, 0.3) is 0 Å². The number of carbonyl (C=O) groups is 1. The van der Waals surface area contributed by atoms with Crippen molar-refractivity contribution < 1.29 is 24.1 Å². The molecule has 0 aromatic rings. The Bertz CT molecular complexity index is 596. The third-order valence-electron chi connectivity index (χ3n) is 4.43. The van der Waals surface area contributed by atoms with Gasteiger partial charge in [-0.2, -0.15) is 0 Å². The average Bonchev–Trinajstić information content (AvgIpc) is 2.94. The number of fused-ring (bicyclic) bond motifs is 1. The standard InChI is InChI=1S/C19H32N2O5S/c1-9-10-24-13-11(2)14(19(6,7)23)25-15-12(13)20-16(27-15)21(8)17(22)26-18(3,4)5/h9,11-15,23H,1,10H2,2-8H3/t11-,12+,13-,14-,15+/m0/s1. The van der Waals surface area contributed by atoms with Crippen LogP contribution in [0.4, 0.5) is 4.79 Å². The number of amides is 1. The molecule has 154 valence electrons. The third-order valence-corrected chi connectivity index (χ3v) is 5.64. The van der Waals surface area contributed by atoms with Crippen molar-refractivity contribution in [2.45, 2.75) is 76.4 Å². The normalized spacial score (nSPS) is 31.1. The molecule has 2 aliphatic rings. The zero-order valence-electron chi connectivity index (χ0n) is 17.3. The van der Waals surface area contributed by atoms with Crippen LogP contribution < -0.4 is 0 Å². The summed E-state index contributed by atoms with van der Waals surface area (Å²) >= 11 is 1.35. The molecular formula is C19H32N2O5S. The number of aliphatic imine (C=N–C) groups is 1. The highest BCUT2D eigenvalue weighted by molar-refractivity contribution is 8.14. The van der Waals surface area contributed by atoms with Gasteiger partial charge in [-0.3, -0.25) is 9.89 Å². The molecule has 0 radical (unpaired) electrons. The topological polar surface area (TPSA) is 80.6 Å². The molecule has 1 fully saturated rings. The lowest BCUT2D eigenvalue weighted by Crippen LogP contribution is -2.57. The molecule has 1 N–H and O–H groups in total. The minimum atomic E-state index is -1.03. The molecule has 8 heteroatoms. The molecule has 0 bridgehead atoms. The second kappa shape index (κ2) is 8.11. The summed E-state index contributed by atoms with van der Waals surface area (Å²) in [6.45, 7) is 15.0. The molecule has 0 saturated carbocycles. The zero-order valence-corrected chi connectivity index (χ0v) is 18.1. The third kappa shape index (κ3) is 5.25. The second-order valence-corrected chi connectivity index (χ2v) is 9.65. The Morgan fingerprint density at radius 2 is 2.04 bits per heavy atom. The molecular weight excluding hydrogens is 368 g/mol. The number of rotatable bonds is 4. The maximum absolute atomic E-state index is 12.4. The van der Waals surface area contributed by atoms with Gasteiger partial charge in [0, 0.05) is 13.0 Å². The number of amidine groups is 1. The van der Waals surface area contributed by atoms with Gasteiger partial charge in [0.15, 0.2) is 5.17 Å².